The van der Waals surface area contributed by atoms with Crippen LogP contribution in [0.15, 0.2) is 24.3 Å². The zero-order chi connectivity index (χ0) is 15.8. The number of rotatable bonds is 2. The fraction of sp³-hybridized carbons (Fsp3) is 0.700. The van der Waals surface area contributed by atoms with Gasteiger partial charge in [0.25, 0.3) is 0 Å². The van der Waals surface area contributed by atoms with Crippen molar-refractivity contribution < 1.29 is 0 Å². The topological polar surface area (TPSA) is 3.24 Å². The van der Waals surface area contributed by atoms with Crippen molar-refractivity contribution in [3.8, 4) is 0 Å². The second kappa shape index (κ2) is 6.17. The summed E-state index contributed by atoms with van der Waals surface area (Å²) in [5.41, 5.74) is 2.37. The molecule has 0 atom stereocenters. The van der Waals surface area contributed by atoms with E-state index in [0.29, 0.717) is 10.8 Å². The first-order valence-corrected chi connectivity index (χ1v) is 9.22. The number of nitrogens with zero attached hydrogens (tertiary/aromatic N) is 1. The number of likely N-dealkylation sites (tertiary alicyclic amines) is 1. The maximum Gasteiger partial charge on any atom is 0.0451 e. The Bertz CT molecular complexity index is 509. The van der Waals surface area contributed by atoms with Gasteiger partial charge in [-0.25, -0.2) is 0 Å². The molecule has 1 aliphatic carbocycles. The molecule has 2 fully saturated rings. The second-order valence-electron chi connectivity index (χ2n) is 8.69. The average molecular weight is 320 g/mol. The molecule has 1 aromatic rings. The Hall–Kier alpha value is -0.530. The highest BCUT2D eigenvalue weighted by Crippen LogP contribution is 2.49. The fourth-order valence-corrected chi connectivity index (χ4v) is 4.73. The summed E-state index contributed by atoms with van der Waals surface area (Å²) in [6.45, 7) is 10.8. The summed E-state index contributed by atoms with van der Waals surface area (Å²) in [5.74, 6) is 0.913. The molecule has 1 nitrogen and oxygen atoms in total. The van der Waals surface area contributed by atoms with Gasteiger partial charge in [0.15, 0.2) is 0 Å². The van der Waals surface area contributed by atoms with Crippen LogP contribution in [-0.2, 0) is 6.54 Å². The van der Waals surface area contributed by atoms with E-state index in [0.717, 1.165) is 17.5 Å². The van der Waals surface area contributed by atoms with Crippen LogP contribution in [0, 0.1) is 16.7 Å². The Balaban J connectivity index is 1.58. The molecule has 0 N–H and O–H groups in total. The lowest BCUT2D eigenvalue weighted by Gasteiger charge is -2.42. The Morgan fingerprint density at radius 1 is 1.14 bits per heavy atom. The van der Waals surface area contributed by atoms with E-state index in [2.05, 4.69) is 37.8 Å². The van der Waals surface area contributed by atoms with Crippen LogP contribution >= 0.6 is 11.6 Å². The Kier molecular flexibility index (Phi) is 4.58. The third kappa shape index (κ3) is 3.51. The third-order valence-electron chi connectivity index (χ3n) is 6.14. The molecule has 1 heterocycles. The molecule has 0 bridgehead atoms. The largest absolute Gasteiger partial charge is 0.298 e. The van der Waals surface area contributed by atoms with Gasteiger partial charge in [-0.05, 0) is 67.0 Å². The lowest BCUT2D eigenvalue weighted by molar-refractivity contribution is 0.0909. The minimum Gasteiger partial charge on any atom is -0.298 e. The highest BCUT2D eigenvalue weighted by Gasteiger charge is 2.42. The van der Waals surface area contributed by atoms with Gasteiger partial charge in [-0.1, -0.05) is 50.6 Å². The summed E-state index contributed by atoms with van der Waals surface area (Å²) < 4.78 is 0. The molecule has 122 valence electrons. The van der Waals surface area contributed by atoms with Gasteiger partial charge in [0.1, 0.15) is 0 Å². The molecule has 2 aliphatic rings. The van der Waals surface area contributed by atoms with E-state index < -0.39 is 0 Å². The van der Waals surface area contributed by atoms with Crippen LogP contribution in [0.4, 0.5) is 0 Å². The molecule has 22 heavy (non-hydrogen) atoms. The van der Waals surface area contributed by atoms with E-state index >= 15 is 0 Å². The Labute approximate surface area is 141 Å². The summed E-state index contributed by atoms with van der Waals surface area (Å²) in [6, 6.07) is 8.30. The molecule has 0 aromatic heterocycles. The maximum absolute atomic E-state index is 6.32. The van der Waals surface area contributed by atoms with Crippen LogP contribution < -0.4 is 0 Å². The minimum absolute atomic E-state index is 0.484. The van der Waals surface area contributed by atoms with E-state index in [9.17, 15) is 0 Å². The highest BCUT2D eigenvalue weighted by molar-refractivity contribution is 6.31. The van der Waals surface area contributed by atoms with Crippen LogP contribution in [0.5, 0.6) is 0 Å². The van der Waals surface area contributed by atoms with E-state index in [-0.39, 0.29) is 0 Å². The highest BCUT2D eigenvalue weighted by atomic mass is 35.5. The van der Waals surface area contributed by atoms with Gasteiger partial charge in [0.2, 0.25) is 0 Å². The number of benzene rings is 1. The van der Waals surface area contributed by atoms with E-state index in [4.69, 9.17) is 11.6 Å². The predicted octanol–water partition coefficient (Wildman–Crippen LogP) is 5.77. The molecular formula is C20H30ClN. The van der Waals surface area contributed by atoms with Crippen molar-refractivity contribution in [2.75, 3.05) is 13.1 Å². The molecule has 1 spiro atoms. The van der Waals surface area contributed by atoms with Crippen molar-refractivity contribution in [3.05, 3.63) is 34.9 Å². The molecule has 1 saturated carbocycles. The molecule has 0 radical (unpaired) electrons. The minimum atomic E-state index is 0.484. The van der Waals surface area contributed by atoms with Crippen molar-refractivity contribution in [1.82, 2.24) is 4.90 Å². The average Bonchev–Trinajstić information content (AvgIpc) is 2.84. The Morgan fingerprint density at radius 2 is 1.82 bits per heavy atom. The fourth-order valence-electron chi connectivity index (χ4n) is 4.53. The molecule has 0 unspecified atom stereocenters. The zero-order valence-corrected chi connectivity index (χ0v) is 15.1. The standard InChI is InChI=1S/C20H30ClN/c1-19(2,3)17-8-10-20(11-9-17)12-13-22(15-20)14-16-6-4-5-7-18(16)21/h4-7,17H,8-15H2,1-3H3. The lowest BCUT2D eigenvalue weighted by atomic mass is 9.64. The molecule has 0 amide bonds. The monoisotopic (exact) mass is 319 g/mol. The first-order chi connectivity index (χ1) is 10.4. The maximum atomic E-state index is 6.32. The van der Waals surface area contributed by atoms with Gasteiger partial charge in [0, 0.05) is 18.1 Å². The van der Waals surface area contributed by atoms with Crippen molar-refractivity contribution in [3.63, 3.8) is 0 Å². The molecule has 3 rings (SSSR count). The number of hydrogen-bond acceptors (Lipinski definition) is 1. The van der Waals surface area contributed by atoms with Gasteiger partial charge in [-0.2, -0.15) is 0 Å². The van der Waals surface area contributed by atoms with Gasteiger partial charge >= 0.3 is 0 Å². The van der Waals surface area contributed by atoms with Crippen LogP contribution in [0.2, 0.25) is 5.02 Å². The van der Waals surface area contributed by atoms with E-state index in [1.807, 2.05) is 12.1 Å². The van der Waals surface area contributed by atoms with E-state index in [1.165, 1.54) is 50.8 Å². The molecule has 1 aliphatic heterocycles. The Morgan fingerprint density at radius 3 is 2.45 bits per heavy atom. The predicted molar refractivity (Wildman–Crippen MR) is 95.2 cm³/mol. The SMILES string of the molecule is CC(C)(C)C1CCC2(CC1)CCN(Cc1ccccc1Cl)C2. The second-order valence-corrected chi connectivity index (χ2v) is 9.10. The smallest absolute Gasteiger partial charge is 0.0451 e. The summed E-state index contributed by atoms with van der Waals surface area (Å²) in [6.07, 6.45) is 7.07. The van der Waals surface area contributed by atoms with Gasteiger partial charge in [0.05, 0.1) is 0 Å². The summed E-state index contributed by atoms with van der Waals surface area (Å²) >= 11 is 6.32. The molecular weight excluding hydrogens is 290 g/mol. The molecule has 1 saturated heterocycles. The zero-order valence-electron chi connectivity index (χ0n) is 14.4. The molecule has 2 heteroatoms. The molecule has 1 aromatic carbocycles. The van der Waals surface area contributed by atoms with Crippen LogP contribution in [0.3, 0.4) is 0 Å². The quantitative estimate of drug-likeness (QED) is 0.669. The van der Waals surface area contributed by atoms with Crippen LogP contribution in [0.25, 0.3) is 0 Å². The van der Waals surface area contributed by atoms with Gasteiger partial charge in [-0.15, -0.1) is 0 Å². The van der Waals surface area contributed by atoms with Crippen molar-refractivity contribution in [1.29, 1.82) is 0 Å². The van der Waals surface area contributed by atoms with E-state index in [1.54, 1.807) is 0 Å². The van der Waals surface area contributed by atoms with Crippen molar-refractivity contribution >= 4 is 11.6 Å². The summed E-state index contributed by atoms with van der Waals surface area (Å²) in [5, 5.41) is 0.917. The first kappa shape index (κ1) is 16.3. The third-order valence-corrected chi connectivity index (χ3v) is 6.51. The lowest BCUT2D eigenvalue weighted by Crippen LogP contribution is -2.34. The summed E-state index contributed by atoms with van der Waals surface area (Å²) in [4.78, 5) is 2.62. The van der Waals surface area contributed by atoms with Crippen LogP contribution in [0.1, 0.15) is 58.4 Å². The van der Waals surface area contributed by atoms with Crippen LogP contribution in [-0.4, -0.2) is 18.0 Å². The van der Waals surface area contributed by atoms with Gasteiger partial charge in [-0.3, -0.25) is 4.90 Å². The van der Waals surface area contributed by atoms with Gasteiger partial charge < -0.3 is 0 Å². The number of halogens is 1. The van der Waals surface area contributed by atoms with Crippen molar-refractivity contribution in [2.24, 2.45) is 16.7 Å². The number of hydrogen-bond donors (Lipinski definition) is 0. The normalized spacial score (nSPS) is 30.1. The summed E-state index contributed by atoms with van der Waals surface area (Å²) in [7, 11) is 0. The first-order valence-electron chi connectivity index (χ1n) is 8.84. The van der Waals surface area contributed by atoms with Crippen molar-refractivity contribution in [2.45, 2.75) is 59.4 Å².